The Balaban J connectivity index is 2.15. The number of ether oxygens (including phenoxy) is 1. The second-order valence-electron chi connectivity index (χ2n) is 6.38. The minimum atomic E-state index is -1.14. The first-order valence-electron chi connectivity index (χ1n) is 9.00. The number of aliphatic hydroxyl groups excluding tert-OH is 1. The Hall–Kier alpha value is -3.45. The van der Waals surface area contributed by atoms with Gasteiger partial charge in [-0.15, -0.1) is 0 Å². The third-order valence-electron chi connectivity index (χ3n) is 4.33. The van der Waals surface area contributed by atoms with Crippen LogP contribution in [0.25, 0.3) is 16.7 Å². The number of aliphatic hydroxyl groups is 1. The summed E-state index contributed by atoms with van der Waals surface area (Å²) in [6, 6.07) is 10.5. The highest BCUT2D eigenvalue weighted by molar-refractivity contribution is 6.39. The van der Waals surface area contributed by atoms with Gasteiger partial charge in [-0.3, -0.25) is 9.59 Å². The fourth-order valence-corrected chi connectivity index (χ4v) is 3.25. The van der Waals surface area contributed by atoms with E-state index >= 15 is 0 Å². The van der Waals surface area contributed by atoms with Gasteiger partial charge in [0, 0.05) is 24.2 Å². The molecule has 6 nitrogen and oxygen atoms in total. The summed E-state index contributed by atoms with van der Waals surface area (Å²) in [6.45, 7) is 1.75. The van der Waals surface area contributed by atoms with Crippen LogP contribution in [0.15, 0.2) is 59.5 Å². The number of nitrogens with zero attached hydrogens (tertiary/aromatic N) is 1. The number of carbonyl (C=O) groups is 2. The molecule has 0 spiro atoms. The van der Waals surface area contributed by atoms with Crippen molar-refractivity contribution in [1.82, 2.24) is 4.57 Å². The monoisotopic (exact) mass is 429 g/mol. The van der Waals surface area contributed by atoms with E-state index in [9.17, 15) is 23.9 Å². The van der Waals surface area contributed by atoms with Crippen molar-refractivity contribution in [2.24, 2.45) is 0 Å². The molecule has 3 rings (SSSR count). The van der Waals surface area contributed by atoms with Crippen molar-refractivity contribution in [2.45, 2.75) is 13.5 Å². The molecule has 1 N–H and O–H groups in total. The number of ketones is 1. The lowest BCUT2D eigenvalue weighted by Gasteiger charge is -2.15. The fourth-order valence-electron chi connectivity index (χ4n) is 2.97. The second kappa shape index (κ2) is 8.92. The molecule has 30 heavy (non-hydrogen) atoms. The van der Waals surface area contributed by atoms with Crippen molar-refractivity contribution >= 4 is 40.0 Å². The van der Waals surface area contributed by atoms with Crippen LogP contribution in [-0.2, 0) is 20.9 Å². The van der Waals surface area contributed by atoms with Crippen LogP contribution < -0.4 is 5.43 Å². The smallest absolute Gasteiger partial charge is 0.379 e. The summed E-state index contributed by atoms with van der Waals surface area (Å²) in [5.41, 5.74) is 0.387. The van der Waals surface area contributed by atoms with E-state index in [0.29, 0.717) is 16.6 Å². The molecule has 154 valence electrons. The van der Waals surface area contributed by atoms with Crippen molar-refractivity contribution in [2.75, 3.05) is 6.61 Å². The predicted octanol–water partition coefficient (Wildman–Crippen LogP) is 3.87. The van der Waals surface area contributed by atoms with Crippen molar-refractivity contribution in [1.29, 1.82) is 0 Å². The molecule has 1 heterocycles. The quantitative estimate of drug-likeness (QED) is 0.278. The normalized spacial score (nSPS) is 11.5. The van der Waals surface area contributed by atoms with E-state index in [1.54, 1.807) is 28.8 Å². The zero-order valence-corrected chi connectivity index (χ0v) is 16.6. The van der Waals surface area contributed by atoms with Gasteiger partial charge in [0.15, 0.2) is 5.43 Å². The molecular formula is C22H17ClFNO5. The SMILES string of the molecule is CCOC(=O)C(=O)/C=C(\O)c1cn(Cc2ccc(F)cc2)c2c(Cl)cccc2c1=O. The molecule has 3 aromatic rings. The number of aromatic nitrogens is 1. The number of esters is 1. The van der Waals surface area contributed by atoms with Crippen LogP contribution in [0.4, 0.5) is 4.39 Å². The summed E-state index contributed by atoms with van der Waals surface area (Å²) < 4.78 is 19.4. The van der Waals surface area contributed by atoms with E-state index < -0.39 is 22.9 Å². The van der Waals surface area contributed by atoms with Crippen molar-refractivity contribution in [3.05, 3.63) is 86.9 Å². The third-order valence-corrected chi connectivity index (χ3v) is 4.64. The molecule has 0 saturated heterocycles. The topological polar surface area (TPSA) is 85.6 Å². The Morgan fingerprint density at radius 1 is 1.20 bits per heavy atom. The van der Waals surface area contributed by atoms with E-state index in [0.717, 1.165) is 5.56 Å². The molecule has 0 bridgehead atoms. The minimum Gasteiger partial charge on any atom is -0.507 e. The molecule has 2 aromatic carbocycles. The molecule has 0 fully saturated rings. The maximum Gasteiger partial charge on any atom is 0.379 e. The van der Waals surface area contributed by atoms with Gasteiger partial charge in [-0.05, 0) is 36.8 Å². The Morgan fingerprint density at radius 3 is 2.57 bits per heavy atom. The van der Waals surface area contributed by atoms with Crippen LogP contribution in [0.2, 0.25) is 5.02 Å². The Morgan fingerprint density at radius 2 is 1.90 bits per heavy atom. The fraction of sp³-hybridized carbons (Fsp3) is 0.136. The van der Waals surface area contributed by atoms with Gasteiger partial charge >= 0.3 is 5.97 Å². The van der Waals surface area contributed by atoms with E-state index in [1.165, 1.54) is 31.3 Å². The number of hydrogen-bond acceptors (Lipinski definition) is 5. The van der Waals surface area contributed by atoms with Gasteiger partial charge < -0.3 is 14.4 Å². The molecule has 0 saturated carbocycles. The molecule has 0 unspecified atom stereocenters. The largest absolute Gasteiger partial charge is 0.507 e. The minimum absolute atomic E-state index is 0.00186. The van der Waals surface area contributed by atoms with Crippen LogP contribution in [0.5, 0.6) is 0 Å². The highest BCUT2D eigenvalue weighted by atomic mass is 35.5. The number of hydrogen-bond donors (Lipinski definition) is 1. The summed E-state index contributed by atoms with van der Waals surface area (Å²) in [5, 5.41) is 10.9. The maximum atomic E-state index is 13.2. The summed E-state index contributed by atoms with van der Waals surface area (Å²) in [7, 11) is 0. The van der Waals surface area contributed by atoms with Crippen molar-refractivity contribution in [3.8, 4) is 0 Å². The lowest BCUT2D eigenvalue weighted by atomic mass is 10.1. The van der Waals surface area contributed by atoms with E-state index in [1.807, 2.05) is 0 Å². The number of carbonyl (C=O) groups excluding carboxylic acids is 2. The standard InChI is InChI=1S/C22H17ClFNO5/c1-2-30-22(29)19(27)10-18(26)16-12-25(11-13-6-8-14(24)9-7-13)20-15(21(16)28)4-3-5-17(20)23/h3-10,12,26H,2,11H2,1H3/b18-10-. The maximum absolute atomic E-state index is 13.2. The van der Waals surface area contributed by atoms with E-state index in [2.05, 4.69) is 4.74 Å². The van der Waals surface area contributed by atoms with Crippen LogP contribution >= 0.6 is 11.6 Å². The van der Waals surface area contributed by atoms with E-state index in [4.69, 9.17) is 11.6 Å². The number of benzene rings is 2. The van der Waals surface area contributed by atoms with Gasteiger partial charge in [-0.2, -0.15) is 0 Å². The van der Waals surface area contributed by atoms with Crippen molar-refractivity contribution < 1.29 is 23.8 Å². The zero-order chi connectivity index (χ0) is 21.8. The highest BCUT2D eigenvalue weighted by Crippen LogP contribution is 2.24. The first-order chi connectivity index (χ1) is 14.3. The van der Waals surface area contributed by atoms with Gasteiger partial charge in [-0.25, -0.2) is 9.18 Å². The Labute approximate surface area is 175 Å². The first-order valence-corrected chi connectivity index (χ1v) is 9.37. The predicted molar refractivity (Wildman–Crippen MR) is 111 cm³/mol. The van der Waals surface area contributed by atoms with Gasteiger partial charge in [0.2, 0.25) is 0 Å². The number of para-hydroxylation sites is 1. The molecule has 0 aliphatic heterocycles. The number of fused-ring (bicyclic) bond motifs is 1. The highest BCUT2D eigenvalue weighted by Gasteiger charge is 2.18. The molecule has 0 aliphatic carbocycles. The Kier molecular flexibility index (Phi) is 6.32. The average Bonchev–Trinajstić information content (AvgIpc) is 2.71. The summed E-state index contributed by atoms with van der Waals surface area (Å²) in [4.78, 5) is 36.3. The number of halogens is 2. The molecule has 0 amide bonds. The third kappa shape index (κ3) is 4.41. The first kappa shape index (κ1) is 21.3. The average molecular weight is 430 g/mol. The second-order valence-corrected chi connectivity index (χ2v) is 6.78. The van der Waals surface area contributed by atoms with Crippen molar-refractivity contribution in [3.63, 3.8) is 0 Å². The van der Waals surface area contributed by atoms with E-state index in [-0.39, 0.29) is 29.9 Å². The summed E-state index contributed by atoms with van der Waals surface area (Å²) >= 11 is 6.31. The van der Waals surface area contributed by atoms with Crippen LogP contribution in [0.1, 0.15) is 18.1 Å². The summed E-state index contributed by atoms with van der Waals surface area (Å²) in [5.74, 6) is -3.29. The van der Waals surface area contributed by atoms with Gasteiger partial charge in [-0.1, -0.05) is 29.8 Å². The van der Waals surface area contributed by atoms with Gasteiger partial charge in [0.25, 0.3) is 5.78 Å². The van der Waals surface area contributed by atoms with Crippen LogP contribution in [-0.4, -0.2) is 28.0 Å². The molecule has 0 radical (unpaired) electrons. The number of pyridine rings is 1. The molecule has 0 atom stereocenters. The zero-order valence-electron chi connectivity index (χ0n) is 15.9. The van der Waals surface area contributed by atoms with Crippen LogP contribution in [0.3, 0.4) is 0 Å². The Bertz CT molecular complexity index is 1210. The molecule has 1 aromatic heterocycles. The molecule has 0 aliphatic rings. The number of rotatable bonds is 6. The van der Waals surface area contributed by atoms with Gasteiger partial charge in [0.1, 0.15) is 11.6 Å². The summed E-state index contributed by atoms with van der Waals surface area (Å²) in [6.07, 6.45) is 1.98. The van der Waals surface area contributed by atoms with Gasteiger partial charge in [0.05, 0.1) is 22.7 Å². The molecular weight excluding hydrogens is 413 g/mol. The lowest BCUT2D eigenvalue weighted by molar-refractivity contribution is -0.151. The molecule has 8 heteroatoms. The lowest BCUT2D eigenvalue weighted by Crippen LogP contribution is -2.18. The van der Waals surface area contributed by atoms with Crippen LogP contribution in [0, 0.1) is 5.82 Å².